The zero-order valence-corrected chi connectivity index (χ0v) is 13.4. The molecule has 1 N–H and O–H groups in total. The number of nitrogens with zero attached hydrogens (tertiary/aromatic N) is 4. The molecule has 0 unspecified atom stereocenters. The highest BCUT2D eigenvalue weighted by Gasteiger charge is 2.33. The quantitative estimate of drug-likeness (QED) is 0.851. The molecule has 0 bridgehead atoms. The second-order valence-corrected chi connectivity index (χ2v) is 6.23. The van der Waals surface area contributed by atoms with Crippen molar-refractivity contribution in [2.75, 3.05) is 33.4 Å². The van der Waals surface area contributed by atoms with Gasteiger partial charge in [0, 0.05) is 20.1 Å². The fraction of sp³-hybridized carbons (Fsp3) is 0.800. The molecule has 1 aromatic rings. The summed E-state index contributed by atoms with van der Waals surface area (Å²) in [5.74, 6) is 2.64. The van der Waals surface area contributed by atoms with Crippen LogP contribution in [0, 0.1) is 5.92 Å². The molecule has 1 atom stereocenters. The van der Waals surface area contributed by atoms with E-state index in [4.69, 9.17) is 4.74 Å². The van der Waals surface area contributed by atoms with Gasteiger partial charge in [-0.05, 0) is 38.8 Å². The SMILES string of the molecule is COCCN1Cc2nnc(CC3CCNCC3)n2[C@@H](C)C1=O. The molecule has 0 aromatic carbocycles. The van der Waals surface area contributed by atoms with E-state index in [-0.39, 0.29) is 11.9 Å². The standard InChI is InChI=1S/C15H25N5O2/c1-11-15(21)19(7-8-22-2)10-14-18-17-13(20(11)14)9-12-3-5-16-6-4-12/h11-12,16H,3-10H2,1-2H3/t11-/m0/s1. The van der Waals surface area contributed by atoms with Gasteiger partial charge in [0.25, 0.3) is 0 Å². The maximum atomic E-state index is 12.5. The summed E-state index contributed by atoms with van der Waals surface area (Å²) in [6.07, 6.45) is 3.26. The van der Waals surface area contributed by atoms with E-state index in [1.165, 1.54) is 12.8 Å². The Morgan fingerprint density at radius 1 is 1.32 bits per heavy atom. The van der Waals surface area contributed by atoms with Gasteiger partial charge in [-0.15, -0.1) is 10.2 Å². The van der Waals surface area contributed by atoms with Crippen LogP contribution in [0.3, 0.4) is 0 Å². The van der Waals surface area contributed by atoms with Crippen molar-refractivity contribution in [1.29, 1.82) is 0 Å². The molecule has 7 heteroatoms. The van der Waals surface area contributed by atoms with Crippen molar-refractivity contribution in [2.45, 2.75) is 38.8 Å². The van der Waals surface area contributed by atoms with Gasteiger partial charge in [-0.3, -0.25) is 4.79 Å². The maximum absolute atomic E-state index is 12.5. The topological polar surface area (TPSA) is 72.3 Å². The Bertz CT molecular complexity index is 524. The second kappa shape index (κ2) is 6.75. The number of piperidine rings is 1. The zero-order valence-electron chi connectivity index (χ0n) is 13.4. The van der Waals surface area contributed by atoms with Crippen molar-refractivity contribution in [2.24, 2.45) is 5.92 Å². The van der Waals surface area contributed by atoms with Crippen molar-refractivity contribution in [3.63, 3.8) is 0 Å². The van der Waals surface area contributed by atoms with Crippen LogP contribution in [0.1, 0.15) is 37.5 Å². The molecular formula is C15H25N5O2. The van der Waals surface area contributed by atoms with Gasteiger partial charge >= 0.3 is 0 Å². The minimum absolute atomic E-state index is 0.135. The van der Waals surface area contributed by atoms with E-state index in [9.17, 15) is 4.79 Å². The fourth-order valence-electron chi connectivity index (χ4n) is 3.41. The Hall–Kier alpha value is -1.47. The maximum Gasteiger partial charge on any atom is 0.245 e. The first kappa shape index (κ1) is 15.4. The van der Waals surface area contributed by atoms with E-state index in [0.29, 0.717) is 25.6 Å². The summed E-state index contributed by atoms with van der Waals surface area (Å²) in [4.78, 5) is 14.3. The van der Waals surface area contributed by atoms with Crippen molar-refractivity contribution in [3.8, 4) is 0 Å². The lowest BCUT2D eigenvalue weighted by Crippen LogP contribution is -2.43. The third-order valence-electron chi connectivity index (χ3n) is 4.72. The van der Waals surface area contributed by atoms with Crippen molar-refractivity contribution < 1.29 is 9.53 Å². The lowest BCUT2D eigenvalue weighted by Gasteiger charge is -2.32. The molecule has 0 saturated carbocycles. The van der Waals surface area contributed by atoms with Gasteiger partial charge in [-0.25, -0.2) is 0 Å². The van der Waals surface area contributed by atoms with Crippen LogP contribution in [0.4, 0.5) is 0 Å². The smallest absolute Gasteiger partial charge is 0.245 e. The molecule has 1 amide bonds. The van der Waals surface area contributed by atoms with Gasteiger partial charge in [0.1, 0.15) is 11.9 Å². The number of hydrogen-bond donors (Lipinski definition) is 1. The number of aromatic nitrogens is 3. The first-order chi connectivity index (χ1) is 10.7. The molecule has 22 heavy (non-hydrogen) atoms. The lowest BCUT2D eigenvalue weighted by atomic mass is 9.94. The molecule has 0 spiro atoms. The van der Waals surface area contributed by atoms with E-state index in [1.807, 2.05) is 16.4 Å². The molecule has 1 aromatic heterocycles. The molecule has 0 radical (unpaired) electrons. The Kier molecular flexibility index (Phi) is 4.73. The Morgan fingerprint density at radius 3 is 2.82 bits per heavy atom. The predicted molar refractivity (Wildman–Crippen MR) is 81.3 cm³/mol. The number of nitrogens with one attached hydrogen (secondary N) is 1. The molecule has 2 aliphatic heterocycles. The Labute approximate surface area is 131 Å². The normalized spacial score (nSPS) is 22.9. The second-order valence-electron chi connectivity index (χ2n) is 6.23. The Balaban J connectivity index is 1.74. The van der Waals surface area contributed by atoms with Crippen LogP contribution in [0.15, 0.2) is 0 Å². The number of ether oxygens (including phenoxy) is 1. The molecule has 3 heterocycles. The summed E-state index contributed by atoms with van der Waals surface area (Å²) in [6, 6.07) is -0.215. The molecule has 3 rings (SSSR count). The lowest BCUT2D eigenvalue weighted by molar-refractivity contribution is -0.137. The third-order valence-corrected chi connectivity index (χ3v) is 4.72. The third kappa shape index (κ3) is 3.01. The minimum atomic E-state index is -0.215. The first-order valence-electron chi connectivity index (χ1n) is 8.11. The van der Waals surface area contributed by atoms with Crippen LogP contribution in [0.25, 0.3) is 0 Å². The van der Waals surface area contributed by atoms with Crippen LogP contribution >= 0.6 is 0 Å². The van der Waals surface area contributed by atoms with Gasteiger partial charge in [-0.2, -0.15) is 0 Å². The van der Waals surface area contributed by atoms with Crippen molar-refractivity contribution in [1.82, 2.24) is 25.0 Å². The molecule has 0 aliphatic carbocycles. The summed E-state index contributed by atoms with van der Waals surface area (Å²) in [6.45, 7) is 5.78. The van der Waals surface area contributed by atoms with Gasteiger partial charge < -0.3 is 19.5 Å². The predicted octanol–water partition coefficient (Wildman–Crippen LogP) is 0.370. The fourth-order valence-corrected chi connectivity index (χ4v) is 3.41. The summed E-state index contributed by atoms with van der Waals surface area (Å²) >= 11 is 0. The average Bonchev–Trinajstić information content (AvgIpc) is 2.93. The number of amides is 1. The van der Waals surface area contributed by atoms with Gasteiger partial charge in [0.15, 0.2) is 5.82 Å². The first-order valence-corrected chi connectivity index (χ1v) is 8.11. The summed E-state index contributed by atoms with van der Waals surface area (Å²) in [5.41, 5.74) is 0. The number of fused-ring (bicyclic) bond motifs is 1. The van der Waals surface area contributed by atoms with Crippen LogP contribution in [-0.4, -0.2) is 58.9 Å². The number of methoxy groups -OCH3 is 1. The average molecular weight is 307 g/mol. The van der Waals surface area contributed by atoms with E-state index in [1.54, 1.807) is 7.11 Å². The van der Waals surface area contributed by atoms with Crippen molar-refractivity contribution >= 4 is 5.91 Å². The number of carbonyl (C=O) groups excluding carboxylic acids is 1. The molecule has 7 nitrogen and oxygen atoms in total. The van der Waals surface area contributed by atoms with Crippen LogP contribution in [-0.2, 0) is 22.5 Å². The molecule has 122 valence electrons. The minimum Gasteiger partial charge on any atom is -0.383 e. The van der Waals surface area contributed by atoms with Crippen LogP contribution < -0.4 is 5.32 Å². The molecule has 2 aliphatic rings. The summed E-state index contributed by atoms with van der Waals surface area (Å²) < 4.78 is 7.13. The highest BCUT2D eigenvalue weighted by atomic mass is 16.5. The zero-order chi connectivity index (χ0) is 15.5. The van der Waals surface area contributed by atoms with Crippen LogP contribution in [0.2, 0.25) is 0 Å². The highest BCUT2D eigenvalue weighted by molar-refractivity contribution is 5.81. The van der Waals surface area contributed by atoms with E-state index >= 15 is 0 Å². The van der Waals surface area contributed by atoms with Gasteiger partial charge in [0.2, 0.25) is 5.91 Å². The summed E-state index contributed by atoms with van der Waals surface area (Å²) in [5, 5.41) is 12.1. The Morgan fingerprint density at radius 2 is 2.09 bits per heavy atom. The largest absolute Gasteiger partial charge is 0.383 e. The number of carbonyl (C=O) groups is 1. The molecule has 1 fully saturated rings. The summed E-state index contributed by atoms with van der Waals surface area (Å²) in [7, 11) is 1.65. The number of hydrogen-bond acceptors (Lipinski definition) is 5. The van der Waals surface area contributed by atoms with E-state index in [2.05, 4.69) is 15.5 Å². The highest BCUT2D eigenvalue weighted by Crippen LogP contribution is 2.25. The molecular weight excluding hydrogens is 282 g/mol. The number of rotatable bonds is 5. The van der Waals surface area contributed by atoms with Crippen molar-refractivity contribution in [3.05, 3.63) is 11.6 Å². The monoisotopic (exact) mass is 307 g/mol. The van der Waals surface area contributed by atoms with Crippen LogP contribution in [0.5, 0.6) is 0 Å². The van der Waals surface area contributed by atoms with Gasteiger partial charge in [-0.1, -0.05) is 0 Å². The van der Waals surface area contributed by atoms with E-state index < -0.39 is 0 Å². The van der Waals surface area contributed by atoms with E-state index in [0.717, 1.165) is 31.2 Å². The van der Waals surface area contributed by atoms with Gasteiger partial charge in [0.05, 0.1) is 13.2 Å². The molecule has 1 saturated heterocycles.